The van der Waals surface area contributed by atoms with Crippen LogP contribution in [-0.2, 0) is 12.8 Å². The van der Waals surface area contributed by atoms with Crippen molar-refractivity contribution in [1.82, 2.24) is 0 Å². The van der Waals surface area contributed by atoms with Gasteiger partial charge in [-0.2, -0.15) is 0 Å². The lowest BCUT2D eigenvalue weighted by Crippen LogP contribution is -2.27. The topological polar surface area (TPSA) is 29.3 Å². The van der Waals surface area contributed by atoms with E-state index < -0.39 is 0 Å². The van der Waals surface area contributed by atoms with Crippen LogP contribution in [0.5, 0.6) is 0 Å². The van der Waals surface area contributed by atoms with Crippen LogP contribution in [-0.4, -0.2) is 13.1 Å². The Labute approximate surface area is 199 Å². The van der Waals surface area contributed by atoms with Crippen LogP contribution in [0.3, 0.4) is 0 Å². The molecule has 4 aromatic carbocycles. The van der Waals surface area contributed by atoms with Crippen molar-refractivity contribution in [2.24, 2.45) is 5.73 Å². The number of nitrogens with zero attached hydrogens (tertiary/aromatic N) is 1. The number of hydrogen-bond donors (Lipinski definition) is 1. The lowest BCUT2D eigenvalue weighted by atomic mass is 9.97. The Hall–Kier alpha value is -2.88. The molecule has 0 saturated carbocycles. The van der Waals surface area contributed by atoms with Crippen molar-refractivity contribution in [2.75, 3.05) is 18.0 Å². The third-order valence-corrected chi connectivity index (χ3v) is 6.61. The largest absolute Gasteiger partial charge is 0.360 e. The first-order valence-electron chi connectivity index (χ1n) is 11.2. The SMILES string of the molecule is NCCc1ccccc1Br.c1ccc(C(c2ccccc2)N2CCc3ccccc32)cc1. The van der Waals surface area contributed by atoms with Crippen LogP contribution in [0.1, 0.15) is 28.3 Å². The minimum Gasteiger partial charge on any atom is -0.360 e. The number of para-hydroxylation sites is 1. The van der Waals surface area contributed by atoms with E-state index in [1.54, 1.807) is 0 Å². The van der Waals surface area contributed by atoms with E-state index in [1.165, 1.54) is 27.9 Å². The van der Waals surface area contributed by atoms with Crippen LogP contribution in [0.25, 0.3) is 0 Å². The summed E-state index contributed by atoms with van der Waals surface area (Å²) in [4.78, 5) is 2.54. The van der Waals surface area contributed by atoms with Crippen molar-refractivity contribution < 1.29 is 0 Å². The molecule has 32 heavy (non-hydrogen) atoms. The van der Waals surface area contributed by atoms with Crippen molar-refractivity contribution in [3.05, 3.63) is 136 Å². The van der Waals surface area contributed by atoms with Gasteiger partial charge in [0.05, 0.1) is 6.04 Å². The van der Waals surface area contributed by atoms with Crippen molar-refractivity contribution >= 4 is 21.6 Å². The number of halogens is 1. The number of hydrogen-bond acceptors (Lipinski definition) is 2. The molecule has 0 fully saturated rings. The molecule has 5 rings (SSSR count). The molecule has 0 atom stereocenters. The van der Waals surface area contributed by atoms with E-state index in [0.717, 1.165) is 23.9 Å². The Kier molecular flexibility index (Phi) is 7.76. The predicted octanol–water partition coefficient (Wildman–Crippen LogP) is 6.79. The van der Waals surface area contributed by atoms with Crippen LogP contribution in [0.4, 0.5) is 5.69 Å². The lowest BCUT2D eigenvalue weighted by molar-refractivity contribution is 0.732. The van der Waals surface area contributed by atoms with Crippen molar-refractivity contribution in [3.8, 4) is 0 Å². The molecule has 0 amide bonds. The quantitative estimate of drug-likeness (QED) is 0.337. The Morgan fingerprint density at radius 2 is 1.28 bits per heavy atom. The predicted molar refractivity (Wildman–Crippen MR) is 139 cm³/mol. The van der Waals surface area contributed by atoms with Crippen LogP contribution in [0, 0.1) is 0 Å². The summed E-state index contributed by atoms with van der Waals surface area (Å²) >= 11 is 3.44. The minimum atomic E-state index is 0.283. The van der Waals surface area contributed by atoms with Crippen molar-refractivity contribution in [2.45, 2.75) is 18.9 Å². The van der Waals surface area contributed by atoms with E-state index in [9.17, 15) is 0 Å². The zero-order chi connectivity index (χ0) is 22.2. The van der Waals surface area contributed by atoms with Gasteiger partial charge in [0, 0.05) is 16.7 Å². The minimum absolute atomic E-state index is 0.283. The highest BCUT2D eigenvalue weighted by Gasteiger charge is 2.27. The molecule has 162 valence electrons. The number of fused-ring (bicyclic) bond motifs is 1. The first kappa shape index (κ1) is 22.3. The molecule has 2 nitrogen and oxygen atoms in total. The van der Waals surface area contributed by atoms with E-state index in [2.05, 4.69) is 112 Å². The van der Waals surface area contributed by atoms with Crippen LogP contribution < -0.4 is 10.6 Å². The van der Waals surface area contributed by atoms with Gasteiger partial charge in [-0.3, -0.25) is 0 Å². The van der Waals surface area contributed by atoms with Gasteiger partial charge in [0.1, 0.15) is 0 Å². The zero-order valence-corrected chi connectivity index (χ0v) is 19.8. The number of benzene rings is 4. The highest BCUT2D eigenvalue weighted by molar-refractivity contribution is 9.10. The van der Waals surface area contributed by atoms with Gasteiger partial charge in [-0.05, 0) is 53.8 Å². The standard InChI is InChI=1S/C21H19N.C8H10BrN/c1-3-10-18(11-4-1)21(19-12-5-2-6-13-19)22-16-15-17-9-7-8-14-20(17)22;9-8-4-2-1-3-7(8)5-6-10/h1-14,21H,15-16H2;1-4H,5-6,10H2. The van der Waals surface area contributed by atoms with E-state index in [1.807, 2.05) is 18.2 Å². The molecule has 1 aliphatic rings. The second kappa shape index (κ2) is 11.1. The average Bonchev–Trinajstić information content (AvgIpc) is 3.27. The van der Waals surface area contributed by atoms with E-state index in [4.69, 9.17) is 5.73 Å². The summed E-state index contributed by atoms with van der Waals surface area (Å²) in [6.45, 7) is 1.79. The number of rotatable bonds is 5. The normalized spacial score (nSPS) is 12.3. The molecule has 1 heterocycles. The lowest BCUT2D eigenvalue weighted by Gasteiger charge is -2.31. The maximum atomic E-state index is 5.41. The van der Waals surface area contributed by atoms with E-state index in [-0.39, 0.29) is 6.04 Å². The van der Waals surface area contributed by atoms with Gasteiger partial charge in [-0.15, -0.1) is 0 Å². The zero-order valence-electron chi connectivity index (χ0n) is 18.2. The summed E-state index contributed by atoms with van der Waals surface area (Å²) in [7, 11) is 0. The van der Waals surface area contributed by atoms with Crippen LogP contribution >= 0.6 is 15.9 Å². The van der Waals surface area contributed by atoms with E-state index >= 15 is 0 Å². The molecule has 0 aromatic heterocycles. The van der Waals surface area contributed by atoms with Crippen LogP contribution in [0.2, 0.25) is 0 Å². The van der Waals surface area contributed by atoms with Crippen LogP contribution in [0.15, 0.2) is 114 Å². The molecular weight excluding hydrogens is 456 g/mol. The van der Waals surface area contributed by atoms with Gasteiger partial charge in [-0.25, -0.2) is 0 Å². The van der Waals surface area contributed by atoms with Crippen molar-refractivity contribution in [3.63, 3.8) is 0 Å². The average molecular weight is 485 g/mol. The summed E-state index contributed by atoms with van der Waals surface area (Å²) in [6, 6.07) is 38.9. The molecule has 0 spiro atoms. The first-order chi connectivity index (χ1) is 15.8. The highest BCUT2D eigenvalue weighted by Crippen LogP contribution is 2.38. The maximum absolute atomic E-state index is 5.41. The van der Waals surface area contributed by atoms with Gasteiger partial charge < -0.3 is 10.6 Å². The second-order valence-electron chi connectivity index (χ2n) is 7.93. The summed E-state index contributed by atoms with van der Waals surface area (Å²) in [5.74, 6) is 0. The Morgan fingerprint density at radius 3 is 1.91 bits per heavy atom. The molecular formula is C29H29BrN2. The maximum Gasteiger partial charge on any atom is 0.0796 e. The molecule has 4 aromatic rings. The molecule has 0 aliphatic carbocycles. The monoisotopic (exact) mass is 484 g/mol. The third kappa shape index (κ3) is 5.29. The van der Waals surface area contributed by atoms with Gasteiger partial charge in [0.15, 0.2) is 0 Å². The molecule has 2 N–H and O–H groups in total. The third-order valence-electron chi connectivity index (χ3n) is 5.84. The molecule has 3 heteroatoms. The van der Waals surface area contributed by atoms with Gasteiger partial charge >= 0.3 is 0 Å². The Morgan fingerprint density at radius 1 is 0.719 bits per heavy atom. The van der Waals surface area contributed by atoms with Gasteiger partial charge in [-0.1, -0.05) is 113 Å². The summed E-state index contributed by atoms with van der Waals surface area (Å²) in [6.07, 6.45) is 2.08. The number of nitrogens with two attached hydrogens (primary N) is 1. The summed E-state index contributed by atoms with van der Waals surface area (Å²) in [5.41, 5.74) is 12.2. The molecule has 0 unspecified atom stereocenters. The second-order valence-corrected chi connectivity index (χ2v) is 8.78. The smallest absolute Gasteiger partial charge is 0.0796 e. The fourth-order valence-electron chi connectivity index (χ4n) is 4.31. The Balaban J connectivity index is 0.000000207. The summed E-state index contributed by atoms with van der Waals surface area (Å²) < 4.78 is 1.15. The Bertz CT molecular complexity index is 1070. The fourth-order valence-corrected chi connectivity index (χ4v) is 4.79. The van der Waals surface area contributed by atoms with Gasteiger partial charge in [0.25, 0.3) is 0 Å². The van der Waals surface area contributed by atoms with E-state index in [0.29, 0.717) is 6.54 Å². The molecule has 0 radical (unpaired) electrons. The molecule has 1 aliphatic heterocycles. The number of anilines is 1. The van der Waals surface area contributed by atoms with Gasteiger partial charge in [0.2, 0.25) is 0 Å². The highest BCUT2D eigenvalue weighted by atomic mass is 79.9. The molecule has 0 saturated heterocycles. The summed E-state index contributed by atoms with van der Waals surface area (Å²) in [5, 5.41) is 0. The fraction of sp³-hybridized carbons (Fsp3) is 0.172. The first-order valence-corrected chi connectivity index (χ1v) is 11.9. The van der Waals surface area contributed by atoms with Crippen molar-refractivity contribution in [1.29, 1.82) is 0 Å². The molecule has 0 bridgehead atoms.